The van der Waals surface area contributed by atoms with Crippen molar-refractivity contribution in [2.45, 2.75) is 26.4 Å². The lowest BCUT2D eigenvalue weighted by Crippen LogP contribution is -2.49. The van der Waals surface area contributed by atoms with E-state index in [0.717, 1.165) is 16.7 Å². The molecule has 1 fully saturated rings. The number of carbonyl (C=O) groups excluding carboxylic acids is 2. The molecule has 4 rings (SSSR count). The monoisotopic (exact) mass is 606 g/mol. The Labute approximate surface area is 240 Å². The zero-order valence-electron chi connectivity index (χ0n) is 22.9. The second kappa shape index (κ2) is 12.7. The fourth-order valence-corrected chi connectivity index (χ4v) is 5.35. The standard InChI is InChI=1S/C27H29F3N6O5S/c1-3-41-21-15-20(16-31-17-21)22-5-4-19(14-18(22)2)26(38)36-11-9-35(10-12-36)24-7-6-23(32-33-24)25(37)34-42(39,40)13-8-27(28,29)30/h4-7,14-17H,3,8-13H2,1-2H3,(H,34,37). The number of nitrogens with one attached hydrogen (secondary N) is 1. The maximum atomic E-state index is 13.2. The fourth-order valence-electron chi connectivity index (χ4n) is 4.36. The van der Waals surface area contributed by atoms with Crippen molar-refractivity contribution >= 4 is 27.7 Å². The third-order valence-electron chi connectivity index (χ3n) is 6.48. The van der Waals surface area contributed by atoms with E-state index in [1.807, 2.05) is 36.9 Å². The Bertz CT molecular complexity index is 1540. The highest BCUT2D eigenvalue weighted by Gasteiger charge is 2.31. The van der Waals surface area contributed by atoms with Gasteiger partial charge in [0.25, 0.3) is 11.8 Å². The molecule has 15 heteroatoms. The Balaban J connectivity index is 1.33. The van der Waals surface area contributed by atoms with E-state index in [0.29, 0.717) is 49.9 Å². The number of anilines is 1. The van der Waals surface area contributed by atoms with Crippen molar-refractivity contribution in [3.63, 3.8) is 0 Å². The maximum absolute atomic E-state index is 13.2. The van der Waals surface area contributed by atoms with Gasteiger partial charge in [0.15, 0.2) is 11.5 Å². The molecule has 0 unspecified atom stereocenters. The van der Waals surface area contributed by atoms with Crippen molar-refractivity contribution in [2.75, 3.05) is 43.4 Å². The second-order valence-corrected chi connectivity index (χ2v) is 11.4. The van der Waals surface area contributed by atoms with Gasteiger partial charge in [0.2, 0.25) is 10.0 Å². The Morgan fingerprint density at radius 3 is 2.38 bits per heavy atom. The van der Waals surface area contributed by atoms with Gasteiger partial charge in [-0.3, -0.25) is 14.6 Å². The molecule has 0 atom stereocenters. The minimum absolute atomic E-state index is 0.115. The van der Waals surface area contributed by atoms with E-state index in [-0.39, 0.29) is 11.6 Å². The highest BCUT2D eigenvalue weighted by molar-refractivity contribution is 7.90. The summed E-state index contributed by atoms with van der Waals surface area (Å²) in [5.74, 6) is -1.49. The molecule has 1 saturated heterocycles. The van der Waals surface area contributed by atoms with Crippen LogP contribution in [0.3, 0.4) is 0 Å². The van der Waals surface area contributed by atoms with Crippen LogP contribution in [0.1, 0.15) is 39.8 Å². The first-order valence-corrected chi connectivity index (χ1v) is 14.7. The molecular formula is C27H29F3N6O5S. The van der Waals surface area contributed by atoms with Crippen LogP contribution < -0.4 is 14.4 Å². The van der Waals surface area contributed by atoms with Gasteiger partial charge in [-0.15, -0.1) is 10.2 Å². The van der Waals surface area contributed by atoms with Gasteiger partial charge in [-0.05, 0) is 55.3 Å². The number of halogens is 3. The molecule has 3 aromatic rings. The van der Waals surface area contributed by atoms with Gasteiger partial charge in [-0.25, -0.2) is 13.1 Å². The number of pyridine rings is 1. The Morgan fingerprint density at radius 2 is 1.76 bits per heavy atom. The van der Waals surface area contributed by atoms with E-state index < -0.39 is 34.3 Å². The molecule has 1 aromatic carbocycles. The molecule has 0 aliphatic carbocycles. The van der Waals surface area contributed by atoms with E-state index in [9.17, 15) is 31.2 Å². The summed E-state index contributed by atoms with van der Waals surface area (Å²) in [4.78, 5) is 33.2. The van der Waals surface area contributed by atoms with Crippen LogP contribution in [0.2, 0.25) is 0 Å². The highest BCUT2D eigenvalue weighted by atomic mass is 32.2. The van der Waals surface area contributed by atoms with Gasteiger partial charge in [0, 0.05) is 43.5 Å². The largest absolute Gasteiger partial charge is 0.492 e. The molecule has 2 aromatic heterocycles. The van der Waals surface area contributed by atoms with Gasteiger partial charge in [0.1, 0.15) is 5.75 Å². The van der Waals surface area contributed by atoms with Gasteiger partial charge in [-0.1, -0.05) is 6.07 Å². The number of nitrogens with zero attached hydrogens (tertiary/aromatic N) is 5. The smallest absolute Gasteiger partial charge is 0.390 e. The van der Waals surface area contributed by atoms with Crippen LogP contribution in [0.5, 0.6) is 5.75 Å². The predicted octanol–water partition coefficient (Wildman–Crippen LogP) is 3.22. The third kappa shape index (κ3) is 7.93. The summed E-state index contributed by atoms with van der Waals surface area (Å²) in [5.41, 5.74) is 2.95. The average Bonchev–Trinajstić information content (AvgIpc) is 2.96. The highest BCUT2D eigenvalue weighted by Crippen LogP contribution is 2.27. The molecule has 42 heavy (non-hydrogen) atoms. The minimum Gasteiger partial charge on any atom is -0.492 e. The van der Waals surface area contributed by atoms with Crippen LogP contribution in [0.25, 0.3) is 11.1 Å². The number of aromatic nitrogens is 3. The van der Waals surface area contributed by atoms with Gasteiger partial charge >= 0.3 is 6.18 Å². The van der Waals surface area contributed by atoms with Gasteiger partial charge < -0.3 is 14.5 Å². The number of benzene rings is 1. The van der Waals surface area contributed by atoms with Crippen molar-refractivity contribution in [3.8, 4) is 16.9 Å². The number of carbonyl (C=O) groups is 2. The van der Waals surface area contributed by atoms with E-state index in [1.54, 1.807) is 28.1 Å². The quantitative estimate of drug-likeness (QED) is 0.390. The second-order valence-electron chi connectivity index (χ2n) is 9.54. The van der Waals surface area contributed by atoms with Crippen LogP contribution in [0, 0.1) is 6.92 Å². The van der Waals surface area contributed by atoms with E-state index in [4.69, 9.17) is 4.74 Å². The third-order valence-corrected chi connectivity index (χ3v) is 7.72. The molecule has 1 N–H and O–H groups in total. The van der Waals surface area contributed by atoms with Crippen LogP contribution in [0.4, 0.5) is 19.0 Å². The van der Waals surface area contributed by atoms with Crippen molar-refractivity contribution in [1.29, 1.82) is 0 Å². The summed E-state index contributed by atoms with van der Waals surface area (Å²) in [7, 11) is -4.50. The number of piperazine rings is 1. The summed E-state index contributed by atoms with van der Waals surface area (Å²) in [6.07, 6.45) is -2.86. The first-order chi connectivity index (χ1) is 19.8. The zero-order valence-corrected chi connectivity index (χ0v) is 23.7. The van der Waals surface area contributed by atoms with E-state index in [1.165, 1.54) is 12.1 Å². The molecule has 1 aliphatic heterocycles. The van der Waals surface area contributed by atoms with Crippen molar-refractivity contribution in [3.05, 3.63) is 65.6 Å². The van der Waals surface area contributed by atoms with Crippen LogP contribution in [0.15, 0.2) is 48.8 Å². The fraction of sp³-hybridized carbons (Fsp3) is 0.370. The number of alkyl halides is 3. The van der Waals surface area contributed by atoms with Crippen LogP contribution >= 0.6 is 0 Å². The Morgan fingerprint density at radius 1 is 1.02 bits per heavy atom. The molecule has 224 valence electrons. The van der Waals surface area contributed by atoms with Crippen molar-refractivity contribution < 1.29 is 35.9 Å². The average molecular weight is 607 g/mol. The molecule has 0 radical (unpaired) electrons. The molecule has 2 amide bonds. The zero-order chi connectivity index (χ0) is 30.5. The molecule has 1 aliphatic rings. The summed E-state index contributed by atoms with van der Waals surface area (Å²) in [5, 5.41) is 7.68. The number of ether oxygens (including phenoxy) is 1. The van der Waals surface area contributed by atoms with E-state index >= 15 is 0 Å². The normalized spacial score (nSPS) is 14.0. The lowest BCUT2D eigenvalue weighted by atomic mass is 9.99. The van der Waals surface area contributed by atoms with Crippen LogP contribution in [-0.4, -0.2) is 85.0 Å². The minimum atomic E-state index is -4.67. The topological polar surface area (TPSA) is 135 Å². The molecule has 0 spiro atoms. The summed E-state index contributed by atoms with van der Waals surface area (Å²) in [6, 6.07) is 10.1. The maximum Gasteiger partial charge on any atom is 0.390 e. The molecule has 3 heterocycles. The van der Waals surface area contributed by atoms with E-state index in [2.05, 4.69) is 15.2 Å². The summed E-state index contributed by atoms with van der Waals surface area (Å²) >= 11 is 0. The Hall–Kier alpha value is -4.27. The number of sulfonamides is 1. The summed E-state index contributed by atoms with van der Waals surface area (Å²) in [6.45, 7) is 6.04. The van der Waals surface area contributed by atoms with Crippen LogP contribution in [-0.2, 0) is 10.0 Å². The molecule has 0 saturated carbocycles. The Kier molecular flexibility index (Phi) is 9.29. The number of aryl methyl sites for hydroxylation is 1. The first kappa shape index (κ1) is 30.7. The molecule has 0 bridgehead atoms. The first-order valence-electron chi connectivity index (χ1n) is 13.0. The van der Waals surface area contributed by atoms with Crippen molar-refractivity contribution in [1.82, 2.24) is 24.8 Å². The predicted molar refractivity (Wildman–Crippen MR) is 148 cm³/mol. The van der Waals surface area contributed by atoms with Gasteiger partial charge in [0.05, 0.1) is 25.0 Å². The number of rotatable bonds is 9. The number of amides is 2. The SMILES string of the molecule is CCOc1cncc(-c2ccc(C(=O)N3CCN(c4ccc(C(=O)NS(=O)(=O)CCC(F)(F)F)nn4)CC3)cc2C)c1. The van der Waals surface area contributed by atoms with Crippen molar-refractivity contribution in [2.24, 2.45) is 0 Å². The summed E-state index contributed by atoms with van der Waals surface area (Å²) < 4.78 is 67.6. The lowest BCUT2D eigenvalue weighted by Gasteiger charge is -2.35. The van der Waals surface area contributed by atoms with Gasteiger partial charge in [-0.2, -0.15) is 13.2 Å². The lowest BCUT2D eigenvalue weighted by molar-refractivity contribution is -0.130. The number of hydrogen-bond donors (Lipinski definition) is 1. The number of hydrogen-bond acceptors (Lipinski definition) is 9. The molecule has 11 nitrogen and oxygen atoms in total. The molecular weight excluding hydrogens is 577 g/mol.